The monoisotopic (exact) mass is 327 g/mol. The molecule has 2 heterocycles. The Balaban J connectivity index is 1.85. The van der Waals surface area contributed by atoms with Crippen LogP contribution in [0.1, 0.15) is 12.8 Å². The van der Waals surface area contributed by atoms with Crippen molar-refractivity contribution < 1.29 is 19.0 Å². The molecule has 19 heavy (non-hydrogen) atoms. The van der Waals surface area contributed by atoms with Crippen LogP contribution in [-0.4, -0.2) is 30.6 Å². The summed E-state index contributed by atoms with van der Waals surface area (Å²) in [7, 11) is 0. The standard InChI is InChI=1S/C13H14BrNO4/c14-3-1-2-9-13(16)15-8-6-11-12(7-10(8)19-9)18-5-4-17-11/h6-7,9H,1-5H2,(H,15,16). The van der Waals surface area contributed by atoms with E-state index in [1.165, 1.54) is 0 Å². The lowest BCUT2D eigenvalue weighted by molar-refractivity contribution is -0.123. The molecule has 1 N–H and O–H groups in total. The van der Waals surface area contributed by atoms with E-state index in [4.69, 9.17) is 14.2 Å². The van der Waals surface area contributed by atoms with Crippen molar-refractivity contribution in [2.75, 3.05) is 23.9 Å². The molecular weight excluding hydrogens is 314 g/mol. The molecule has 102 valence electrons. The van der Waals surface area contributed by atoms with Gasteiger partial charge in [0, 0.05) is 17.5 Å². The van der Waals surface area contributed by atoms with E-state index in [2.05, 4.69) is 21.2 Å². The van der Waals surface area contributed by atoms with Gasteiger partial charge in [0.2, 0.25) is 0 Å². The maximum absolute atomic E-state index is 11.9. The number of hydrogen-bond acceptors (Lipinski definition) is 4. The van der Waals surface area contributed by atoms with Gasteiger partial charge in [-0.2, -0.15) is 0 Å². The topological polar surface area (TPSA) is 56.8 Å². The zero-order valence-corrected chi connectivity index (χ0v) is 11.9. The number of halogens is 1. The van der Waals surface area contributed by atoms with Gasteiger partial charge in [-0.15, -0.1) is 0 Å². The van der Waals surface area contributed by atoms with Crippen molar-refractivity contribution >= 4 is 27.5 Å². The van der Waals surface area contributed by atoms with E-state index in [1.807, 2.05) is 0 Å². The third-order valence-corrected chi connectivity index (χ3v) is 3.62. The third-order valence-electron chi connectivity index (χ3n) is 3.06. The molecule has 2 aliphatic heterocycles. The third kappa shape index (κ3) is 2.49. The average Bonchev–Trinajstić information content (AvgIpc) is 2.43. The van der Waals surface area contributed by atoms with Gasteiger partial charge in [-0.1, -0.05) is 15.9 Å². The van der Waals surface area contributed by atoms with Gasteiger partial charge in [-0.25, -0.2) is 0 Å². The summed E-state index contributed by atoms with van der Waals surface area (Å²) in [6, 6.07) is 3.53. The molecule has 0 fully saturated rings. The van der Waals surface area contributed by atoms with Crippen LogP contribution < -0.4 is 19.5 Å². The van der Waals surface area contributed by atoms with Crippen molar-refractivity contribution in [3.8, 4) is 17.2 Å². The zero-order chi connectivity index (χ0) is 13.2. The lowest BCUT2D eigenvalue weighted by atomic mass is 10.1. The second-order valence-electron chi connectivity index (χ2n) is 4.42. The molecule has 6 heteroatoms. The van der Waals surface area contributed by atoms with Crippen molar-refractivity contribution in [1.29, 1.82) is 0 Å². The van der Waals surface area contributed by atoms with Crippen molar-refractivity contribution in [2.24, 2.45) is 0 Å². The molecule has 0 spiro atoms. The predicted molar refractivity (Wildman–Crippen MR) is 73.5 cm³/mol. The molecular formula is C13H14BrNO4. The van der Waals surface area contributed by atoms with Gasteiger partial charge in [0.25, 0.3) is 5.91 Å². The molecule has 2 aliphatic rings. The van der Waals surface area contributed by atoms with E-state index >= 15 is 0 Å². The molecule has 1 amide bonds. The maximum Gasteiger partial charge on any atom is 0.265 e. The van der Waals surface area contributed by atoms with Crippen LogP contribution in [0.15, 0.2) is 12.1 Å². The lowest BCUT2D eigenvalue weighted by Crippen LogP contribution is -2.37. The van der Waals surface area contributed by atoms with Crippen LogP contribution in [0.3, 0.4) is 0 Å². The van der Waals surface area contributed by atoms with Crippen molar-refractivity contribution in [2.45, 2.75) is 18.9 Å². The molecule has 0 aromatic heterocycles. The normalized spacial score (nSPS) is 20.3. The second kappa shape index (κ2) is 5.28. The Hall–Kier alpha value is -1.43. The average molecular weight is 328 g/mol. The summed E-state index contributed by atoms with van der Waals surface area (Å²) in [4.78, 5) is 11.9. The Bertz CT molecular complexity index is 506. The van der Waals surface area contributed by atoms with E-state index in [0.29, 0.717) is 42.6 Å². The molecule has 1 atom stereocenters. The molecule has 3 rings (SSSR count). The van der Waals surface area contributed by atoms with Crippen molar-refractivity contribution in [1.82, 2.24) is 0 Å². The minimum absolute atomic E-state index is 0.106. The number of alkyl halides is 1. The molecule has 1 aromatic carbocycles. The van der Waals surface area contributed by atoms with E-state index in [9.17, 15) is 4.79 Å². The summed E-state index contributed by atoms with van der Waals surface area (Å²) >= 11 is 3.35. The predicted octanol–water partition coefficient (Wildman–Crippen LogP) is 2.33. The summed E-state index contributed by atoms with van der Waals surface area (Å²) in [6.07, 6.45) is 1.13. The van der Waals surface area contributed by atoms with Crippen LogP contribution in [0.4, 0.5) is 5.69 Å². The largest absolute Gasteiger partial charge is 0.486 e. The van der Waals surface area contributed by atoms with E-state index in [-0.39, 0.29) is 5.91 Å². The number of nitrogens with one attached hydrogen (secondary N) is 1. The number of ether oxygens (including phenoxy) is 3. The lowest BCUT2D eigenvalue weighted by Gasteiger charge is -2.28. The molecule has 1 unspecified atom stereocenters. The Morgan fingerprint density at radius 2 is 1.95 bits per heavy atom. The van der Waals surface area contributed by atoms with E-state index in [1.54, 1.807) is 12.1 Å². The molecule has 5 nitrogen and oxygen atoms in total. The highest BCUT2D eigenvalue weighted by molar-refractivity contribution is 9.09. The number of fused-ring (bicyclic) bond motifs is 2. The first-order valence-electron chi connectivity index (χ1n) is 6.25. The number of rotatable bonds is 3. The fourth-order valence-electron chi connectivity index (χ4n) is 2.14. The Morgan fingerprint density at radius 3 is 2.68 bits per heavy atom. The number of anilines is 1. The van der Waals surface area contributed by atoms with Gasteiger partial charge < -0.3 is 19.5 Å². The summed E-state index contributed by atoms with van der Waals surface area (Å²) in [5.74, 6) is 1.85. The van der Waals surface area contributed by atoms with Crippen LogP contribution >= 0.6 is 15.9 Å². The smallest absolute Gasteiger partial charge is 0.265 e. The Labute approximate surface area is 119 Å². The first kappa shape index (κ1) is 12.6. The van der Waals surface area contributed by atoms with Gasteiger partial charge in [-0.3, -0.25) is 4.79 Å². The highest BCUT2D eigenvalue weighted by Gasteiger charge is 2.29. The molecule has 0 bridgehead atoms. The summed E-state index contributed by atoms with van der Waals surface area (Å²) in [5.41, 5.74) is 0.643. The first-order chi connectivity index (χ1) is 9.28. The zero-order valence-electron chi connectivity index (χ0n) is 10.3. The van der Waals surface area contributed by atoms with Crippen LogP contribution in [0.25, 0.3) is 0 Å². The fraction of sp³-hybridized carbons (Fsp3) is 0.462. The van der Waals surface area contributed by atoms with E-state index in [0.717, 1.165) is 11.8 Å². The van der Waals surface area contributed by atoms with Gasteiger partial charge in [0.05, 0.1) is 5.69 Å². The number of hydrogen-bond donors (Lipinski definition) is 1. The number of amides is 1. The SMILES string of the molecule is O=C1Nc2cc3c(cc2OC1CCCBr)OCCO3. The minimum Gasteiger partial charge on any atom is -0.486 e. The first-order valence-corrected chi connectivity index (χ1v) is 7.37. The van der Waals surface area contributed by atoms with Crippen molar-refractivity contribution in [3.63, 3.8) is 0 Å². The van der Waals surface area contributed by atoms with E-state index < -0.39 is 6.10 Å². The molecule has 0 aliphatic carbocycles. The Kier molecular flexibility index (Phi) is 3.50. The number of carbonyl (C=O) groups is 1. The van der Waals surface area contributed by atoms with Crippen LogP contribution in [0.2, 0.25) is 0 Å². The van der Waals surface area contributed by atoms with Crippen molar-refractivity contribution in [3.05, 3.63) is 12.1 Å². The molecule has 0 saturated heterocycles. The quantitative estimate of drug-likeness (QED) is 0.866. The molecule has 0 saturated carbocycles. The van der Waals surface area contributed by atoms with Gasteiger partial charge in [-0.05, 0) is 12.8 Å². The minimum atomic E-state index is -0.437. The highest BCUT2D eigenvalue weighted by atomic mass is 79.9. The second-order valence-corrected chi connectivity index (χ2v) is 5.21. The van der Waals surface area contributed by atoms with Crippen LogP contribution in [0.5, 0.6) is 17.2 Å². The van der Waals surface area contributed by atoms with Gasteiger partial charge in [0.15, 0.2) is 17.6 Å². The van der Waals surface area contributed by atoms with Crippen LogP contribution in [-0.2, 0) is 4.79 Å². The summed E-state index contributed by atoms with van der Waals surface area (Å²) < 4.78 is 16.7. The Morgan fingerprint density at radius 1 is 1.21 bits per heavy atom. The molecule has 1 aromatic rings. The summed E-state index contributed by atoms with van der Waals surface area (Å²) in [6.45, 7) is 1.06. The van der Waals surface area contributed by atoms with Crippen LogP contribution in [0, 0.1) is 0 Å². The fourth-order valence-corrected chi connectivity index (χ4v) is 2.46. The number of benzene rings is 1. The molecule has 0 radical (unpaired) electrons. The van der Waals surface area contributed by atoms with Gasteiger partial charge >= 0.3 is 0 Å². The number of carbonyl (C=O) groups excluding carboxylic acids is 1. The maximum atomic E-state index is 11.9. The summed E-state index contributed by atoms with van der Waals surface area (Å²) in [5, 5.41) is 3.71. The van der Waals surface area contributed by atoms with Gasteiger partial charge in [0.1, 0.15) is 19.0 Å². The highest BCUT2D eigenvalue weighted by Crippen LogP contribution is 2.41.